The van der Waals surface area contributed by atoms with Crippen molar-refractivity contribution in [2.45, 2.75) is 452 Å². The number of ether oxygens (including phenoxy) is 4. The van der Waals surface area contributed by atoms with E-state index in [1.54, 1.807) is 0 Å². The fraction of sp³-hybridized carbons (Fsp3) is 0.951. The van der Waals surface area contributed by atoms with Crippen LogP contribution in [0.5, 0.6) is 0 Å². The first kappa shape index (κ1) is 99.1. The van der Waals surface area contributed by atoms with Gasteiger partial charge >= 0.3 is 39.5 Å². The number of phosphoric ester groups is 2. The topological polar surface area (TPSA) is 237 Å². The van der Waals surface area contributed by atoms with E-state index in [2.05, 4.69) is 41.5 Å². The van der Waals surface area contributed by atoms with E-state index < -0.39 is 97.5 Å². The van der Waals surface area contributed by atoms with E-state index in [1.165, 1.54) is 250 Å². The van der Waals surface area contributed by atoms with Gasteiger partial charge in [0.1, 0.15) is 19.3 Å². The summed E-state index contributed by atoms with van der Waals surface area (Å²) in [5.41, 5.74) is 0. The largest absolute Gasteiger partial charge is 0.472 e. The normalized spacial score (nSPS) is 14.2. The zero-order valence-electron chi connectivity index (χ0n) is 66.2. The second kappa shape index (κ2) is 73.6. The first-order valence-electron chi connectivity index (χ1n) is 42.5. The minimum Gasteiger partial charge on any atom is -0.462 e. The van der Waals surface area contributed by atoms with Crippen LogP contribution in [0.25, 0.3) is 0 Å². The van der Waals surface area contributed by atoms with Crippen molar-refractivity contribution in [2.75, 3.05) is 39.6 Å². The molecule has 3 N–H and O–H groups in total. The Morgan fingerprint density at radius 1 is 0.287 bits per heavy atom. The minimum atomic E-state index is -4.96. The highest BCUT2D eigenvalue weighted by molar-refractivity contribution is 7.47. The van der Waals surface area contributed by atoms with Crippen LogP contribution in [-0.4, -0.2) is 96.7 Å². The standard InChI is InChI=1S/C82H160O17P2/c1-7-10-12-14-16-18-19-20-21-22-23-24-28-31-34-37-41-47-53-59-65-80(85)93-70-77(98-81(86)66-60-54-48-42-38-35-32-29-26-25-27-30-33-36-40-45-51-57-63-75(6)9-3)72-96-100(88,89)94-68-76(83)69-95-101(90,91)97-73-78(71-92-79(84)64-58-52-46-39-17-15-13-11-8-2)99-82(87)67-61-55-49-43-44-50-56-62-74(4)5/h74-78,83H,7-73H2,1-6H3,(H,88,89)(H,90,91)/t75?,76-,77-,78-/m1/s1. The maximum atomic E-state index is 13.1. The quantitative estimate of drug-likeness (QED) is 0.0222. The van der Waals surface area contributed by atoms with E-state index in [-0.39, 0.29) is 25.7 Å². The number of rotatable bonds is 81. The SMILES string of the molecule is CCCCCCCCCCCCCCCCCCCCCCC(=O)OC[C@H](COP(=O)(O)OC[C@@H](O)COP(=O)(O)OC[C@@H](COC(=O)CCCCCCCCCCC)OC(=O)CCCCCCCCCC(C)C)OC(=O)CCCCCCCCCCCCCCCCCCCCC(C)CC. The Morgan fingerprint density at radius 3 is 0.752 bits per heavy atom. The number of aliphatic hydroxyl groups excluding tert-OH is 1. The Kier molecular flexibility index (Phi) is 72.2. The van der Waals surface area contributed by atoms with Gasteiger partial charge in [0.05, 0.1) is 26.4 Å². The molecule has 0 rings (SSSR count). The Balaban J connectivity index is 5.16. The molecule has 0 aromatic heterocycles. The summed E-state index contributed by atoms with van der Waals surface area (Å²) in [6, 6.07) is 0. The van der Waals surface area contributed by atoms with Gasteiger partial charge in [-0.1, -0.05) is 382 Å². The molecule has 0 amide bonds. The molecule has 0 fully saturated rings. The zero-order chi connectivity index (χ0) is 74.2. The van der Waals surface area contributed by atoms with Crippen LogP contribution in [0.2, 0.25) is 0 Å². The summed E-state index contributed by atoms with van der Waals surface area (Å²) in [6.45, 7) is 9.62. The van der Waals surface area contributed by atoms with Gasteiger partial charge in [-0.05, 0) is 37.5 Å². The molecule has 0 saturated carbocycles. The number of phosphoric acid groups is 2. The monoisotopic (exact) mass is 1480 g/mol. The van der Waals surface area contributed by atoms with Gasteiger partial charge < -0.3 is 33.8 Å². The molecule has 3 unspecified atom stereocenters. The predicted molar refractivity (Wildman–Crippen MR) is 414 cm³/mol. The van der Waals surface area contributed by atoms with Crippen LogP contribution >= 0.6 is 15.6 Å². The van der Waals surface area contributed by atoms with Crippen LogP contribution in [0.1, 0.15) is 433 Å². The first-order chi connectivity index (χ1) is 48.9. The van der Waals surface area contributed by atoms with Gasteiger partial charge in [0.15, 0.2) is 12.2 Å². The third-order valence-corrected chi connectivity index (χ3v) is 21.5. The Hall–Kier alpha value is -1.94. The Labute approximate surface area is 619 Å². The van der Waals surface area contributed by atoms with Crippen LogP contribution in [0.4, 0.5) is 0 Å². The molecule has 0 aromatic rings. The lowest BCUT2D eigenvalue weighted by Gasteiger charge is -2.21. The van der Waals surface area contributed by atoms with Crippen molar-refractivity contribution < 1.29 is 80.2 Å². The molecule has 101 heavy (non-hydrogen) atoms. The predicted octanol–water partition coefficient (Wildman–Crippen LogP) is 24.7. The van der Waals surface area contributed by atoms with Crippen molar-refractivity contribution in [3.63, 3.8) is 0 Å². The zero-order valence-corrected chi connectivity index (χ0v) is 68.0. The van der Waals surface area contributed by atoms with E-state index in [0.29, 0.717) is 31.6 Å². The van der Waals surface area contributed by atoms with Gasteiger partial charge in [-0.2, -0.15) is 0 Å². The summed E-state index contributed by atoms with van der Waals surface area (Å²) >= 11 is 0. The van der Waals surface area contributed by atoms with Crippen molar-refractivity contribution >= 4 is 39.5 Å². The van der Waals surface area contributed by atoms with E-state index >= 15 is 0 Å². The highest BCUT2D eigenvalue weighted by Gasteiger charge is 2.30. The summed E-state index contributed by atoms with van der Waals surface area (Å²) < 4.78 is 68.6. The van der Waals surface area contributed by atoms with Crippen LogP contribution in [0, 0.1) is 11.8 Å². The van der Waals surface area contributed by atoms with E-state index in [4.69, 9.17) is 37.0 Å². The average Bonchev–Trinajstić information content (AvgIpc) is 1.01. The molecule has 0 aliphatic heterocycles. The third-order valence-electron chi connectivity index (χ3n) is 19.6. The van der Waals surface area contributed by atoms with Crippen molar-refractivity contribution in [1.82, 2.24) is 0 Å². The lowest BCUT2D eigenvalue weighted by Crippen LogP contribution is -2.30. The van der Waals surface area contributed by atoms with E-state index in [9.17, 15) is 43.2 Å². The Bertz CT molecular complexity index is 1940. The summed E-state index contributed by atoms with van der Waals surface area (Å²) in [5, 5.41) is 10.6. The molecule has 600 valence electrons. The summed E-state index contributed by atoms with van der Waals surface area (Å²) in [5.74, 6) is -0.546. The molecule has 19 heteroatoms. The average molecular weight is 1480 g/mol. The number of hydrogen-bond acceptors (Lipinski definition) is 15. The maximum absolute atomic E-state index is 13.1. The molecule has 0 aromatic carbocycles. The fourth-order valence-corrected chi connectivity index (χ4v) is 14.3. The highest BCUT2D eigenvalue weighted by atomic mass is 31.2. The van der Waals surface area contributed by atoms with Crippen molar-refractivity contribution in [3.05, 3.63) is 0 Å². The summed E-state index contributed by atoms with van der Waals surface area (Å²) in [4.78, 5) is 72.9. The molecule has 17 nitrogen and oxygen atoms in total. The lowest BCUT2D eigenvalue weighted by atomic mass is 9.99. The second-order valence-corrected chi connectivity index (χ2v) is 33.1. The van der Waals surface area contributed by atoms with E-state index in [1.807, 2.05) is 0 Å². The number of unbranched alkanes of at least 4 members (excludes halogenated alkanes) is 50. The van der Waals surface area contributed by atoms with Crippen LogP contribution in [0.3, 0.4) is 0 Å². The van der Waals surface area contributed by atoms with Gasteiger partial charge in [-0.3, -0.25) is 37.3 Å². The number of esters is 4. The molecule has 0 aliphatic carbocycles. The highest BCUT2D eigenvalue weighted by Crippen LogP contribution is 2.45. The summed E-state index contributed by atoms with van der Waals surface area (Å²) in [7, 11) is -9.91. The minimum absolute atomic E-state index is 0.104. The molecule has 0 spiro atoms. The van der Waals surface area contributed by atoms with Crippen LogP contribution < -0.4 is 0 Å². The number of carbonyl (C=O) groups excluding carboxylic acids is 4. The molecule has 0 radical (unpaired) electrons. The molecule has 0 bridgehead atoms. The van der Waals surface area contributed by atoms with Gasteiger partial charge in [-0.15, -0.1) is 0 Å². The Morgan fingerprint density at radius 2 is 0.505 bits per heavy atom. The fourth-order valence-electron chi connectivity index (χ4n) is 12.7. The maximum Gasteiger partial charge on any atom is 0.472 e. The first-order valence-corrected chi connectivity index (χ1v) is 45.5. The van der Waals surface area contributed by atoms with Crippen molar-refractivity contribution in [2.24, 2.45) is 11.8 Å². The van der Waals surface area contributed by atoms with Crippen LogP contribution in [-0.2, 0) is 65.4 Å². The lowest BCUT2D eigenvalue weighted by molar-refractivity contribution is -0.161. The molecule has 6 atom stereocenters. The van der Waals surface area contributed by atoms with Gasteiger partial charge in [0.25, 0.3) is 0 Å². The molecule has 0 saturated heterocycles. The number of hydrogen-bond donors (Lipinski definition) is 3. The molecular weight excluding hydrogens is 1320 g/mol. The van der Waals surface area contributed by atoms with Gasteiger partial charge in [0.2, 0.25) is 0 Å². The van der Waals surface area contributed by atoms with Gasteiger partial charge in [0, 0.05) is 25.7 Å². The van der Waals surface area contributed by atoms with Crippen molar-refractivity contribution in [1.29, 1.82) is 0 Å². The third kappa shape index (κ3) is 74.7. The smallest absolute Gasteiger partial charge is 0.462 e. The molecular formula is C82H160O17P2. The van der Waals surface area contributed by atoms with Gasteiger partial charge in [-0.25, -0.2) is 9.13 Å². The molecule has 0 heterocycles. The number of aliphatic hydroxyl groups is 1. The second-order valence-electron chi connectivity index (χ2n) is 30.2. The van der Waals surface area contributed by atoms with Crippen molar-refractivity contribution in [3.8, 4) is 0 Å². The van der Waals surface area contributed by atoms with E-state index in [0.717, 1.165) is 95.8 Å². The number of carbonyl (C=O) groups is 4. The summed E-state index contributed by atoms with van der Waals surface area (Å²) in [6.07, 6.45) is 64.2. The van der Waals surface area contributed by atoms with Crippen LogP contribution in [0.15, 0.2) is 0 Å². The molecule has 0 aliphatic rings.